The average Bonchev–Trinajstić information content (AvgIpc) is 3.26. The number of carbonyl (C=O) groups is 1. The van der Waals surface area contributed by atoms with Crippen LogP contribution in [-0.2, 0) is 6.18 Å². The summed E-state index contributed by atoms with van der Waals surface area (Å²) in [7, 11) is 1.74. The minimum atomic E-state index is -4.82. The largest absolute Gasteiger partial charge is 0.423 e. The average molecular weight is 559 g/mol. The molecule has 0 saturated heterocycles. The lowest BCUT2D eigenvalue weighted by Gasteiger charge is -2.19. The standard InChI is InChI=1S/C26H26F4N8O2/c1-14-9-31-24-18(14)10-32-23(36-24)17-8-20(16(12-39)7-19(17)27)33-13-38(3)6-4-5-15(2)35-21-11-34-37-25(40)22(21)26(28,29)30/h7-13,15H,4-6H2,1-3H3,(H,31,32,36)(H2,35,37,40)/t15-/m0/s1. The Kier molecular flexibility index (Phi) is 8.26. The molecule has 0 bridgehead atoms. The van der Waals surface area contributed by atoms with Crippen LogP contribution < -0.4 is 10.9 Å². The molecule has 40 heavy (non-hydrogen) atoms. The Morgan fingerprint density at radius 1 is 1.25 bits per heavy atom. The lowest BCUT2D eigenvalue weighted by molar-refractivity contribution is -0.138. The number of alkyl halides is 3. The summed E-state index contributed by atoms with van der Waals surface area (Å²) in [4.78, 5) is 40.9. The zero-order chi connectivity index (χ0) is 29.0. The second-order valence-electron chi connectivity index (χ2n) is 9.33. The van der Waals surface area contributed by atoms with E-state index in [-0.39, 0.29) is 28.3 Å². The zero-order valence-electron chi connectivity index (χ0n) is 21.8. The van der Waals surface area contributed by atoms with Gasteiger partial charge in [0.15, 0.2) is 12.1 Å². The van der Waals surface area contributed by atoms with Crippen molar-refractivity contribution in [2.75, 3.05) is 18.9 Å². The molecule has 3 aromatic heterocycles. The number of rotatable bonds is 10. The number of benzene rings is 1. The van der Waals surface area contributed by atoms with Crippen LogP contribution in [0.15, 0.2) is 40.5 Å². The van der Waals surface area contributed by atoms with Crippen molar-refractivity contribution in [2.24, 2.45) is 4.99 Å². The molecule has 10 nitrogen and oxygen atoms in total. The molecule has 0 aliphatic heterocycles. The van der Waals surface area contributed by atoms with Gasteiger partial charge in [-0.25, -0.2) is 24.4 Å². The Balaban J connectivity index is 1.41. The lowest BCUT2D eigenvalue weighted by Crippen LogP contribution is -2.27. The van der Waals surface area contributed by atoms with Crippen molar-refractivity contribution in [1.29, 1.82) is 0 Å². The summed E-state index contributed by atoms with van der Waals surface area (Å²) in [6, 6.07) is 2.09. The highest BCUT2D eigenvalue weighted by Crippen LogP contribution is 2.32. The number of carbonyl (C=O) groups excluding carboxylic acids is 1. The predicted molar refractivity (Wildman–Crippen MR) is 142 cm³/mol. The molecule has 3 N–H and O–H groups in total. The van der Waals surface area contributed by atoms with Gasteiger partial charge in [0.25, 0.3) is 5.56 Å². The van der Waals surface area contributed by atoms with Gasteiger partial charge in [0.2, 0.25) is 0 Å². The van der Waals surface area contributed by atoms with Crippen LogP contribution in [0.4, 0.5) is 28.9 Å². The molecular formula is C26H26F4N8O2. The number of aromatic amines is 2. The molecule has 3 heterocycles. The van der Waals surface area contributed by atoms with Crippen LogP contribution >= 0.6 is 0 Å². The molecule has 4 rings (SSSR count). The summed E-state index contributed by atoms with van der Waals surface area (Å²) in [5, 5.41) is 8.76. The third kappa shape index (κ3) is 6.33. The molecule has 0 radical (unpaired) electrons. The monoisotopic (exact) mass is 558 g/mol. The van der Waals surface area contributed by atoms with Crippen molar-refractivity contribution in [1.82, 2.24) is 30.0 Å². The van der Waals surface area contributed by atoms with E-state index in [0.29, 0.717) is 31.3 Å². The number of H-pyrrole nitrogens is 2. The maximum atomic E-state index is 14.8. The molecule has 0 fully saturated rings. The van der Waals surface area contributed by atoms with Gasteiger partial charge in [0.05, 0.1) is 29.5 Å². The molecular weight excluding hydrogens is 532 g/mol. The normalized spacial score (nSPS) is 12.7. The third-order valence-electron chi connectivity index (χ3n) is 6.21. The maximum absolute atomic E-state index is 14.8. The summed E-state index contributed by atoms with van der Waals surface area (Å²) in [6.45, 7) is 4.07. The molecule has 0 aliphatic rings. The van der Waals surface area contributed by atoms with E-state index in [4.69, 9.17) is 0 Å². The number of halogens is 4. The van der Waals surface area contributed by atoms with E-state index in [2.05, 4.69) is 30.4 Å². The van der Waals surface area contributed by atoms with Gasteiger partial charge in [0.1, 0.15) is 17.0 Å². The van der Waals surface area contributed by atoms with Crippen LogP contribution in [0.2, 0.25) is 0 Å². The number of aldehydes is 1. The number of aryl methyl sites for hydroxylation is 1. The van der Waals surface area contributed by atoms with Gasteiger partial charge in [-0.15, -0.1) is 0 Å². The first-order chi connectivity index (χ1) is 19.0. The zero-order valence-corrected chi connectivity index (χ0v) is 21.8. The molecule has 1 aromatic carbocycles. The maximum Gasteiger partial charge on any atom is 0.423 e. The molecule has 0 spiro atoms. The summed E-state index contributed by atoms with van der Waals surface area (Å²) in [5.74, 6) is -0.525. The molecule has 0 unspecified atom stereocenters. The fraction of sp³-hybridized carbons (Fsp3) is 0.308. The van der Waals surface area contributed by atoms with Gasteiger partial charge < -0.3 is 15.2 Å². The van der Waals surface area contributed by atoms with Crippen molar-refractivity contribution >= 4 is 35.0 Å². The van der Waals surface area contributed by atoms with Gasteiger partial charge >= 0.3 is 6.18 Å². The summed E-state index contributed by atoms with van der Waals surface area (Å²) in [6.07, 6.45) is 2.50. The van der Waals surface area contributed by atoms with Crippen LogP contribution in [0.3, 0.4) is 0 Å². The predicted octanol–water partition coefficient (Wildman–Crippen LogP) is 4.86. The van der Waals surface area contributed by atoms with E-state index >= 15 is 0 Å². The van der Waals surface area contributed by atoms with Gasteiger partial charge in [-0.3, -0.25) is 9.59 Å². The number of fused-ring (bicyclic) bond motifs is 1. The van der Waals surface area contributed by atoms with Gasteiger partial charge in [-0.1, -0.05) is 0 Å². The van der Waals surface area contributed by atoms with Crippen LogP contribution in [0.5, 0.6) is 0 Å². The number of hydrogen-bond acceptors (Lipinski definition) is 7. The molecule has 4 aromatic rings. The second kappa shape index (κ2) is 11.6. The van der Waals surface area contributed by atoms with Crippen LogP contribution in [0.25, 0.3) is 22.4 Å². The van der Waals surface area contributed by atoms with E-state index in [9.17, 15) is 27.2 Å². The molecule has 0 saturated carbocycles. The first-order valence-electron chi connectivity index (χ1n) is 12.2. The quantitative estimate of drug-likeness (QED) is 0.110. The number of nitrogens with zero attached hydrogens (tertiary/aromatic N) is 5. The lowest BCUT2D eigenvalue weighted by atomic mass is 10.1. The Morgan fingerprint density at radius 2 is 2.02 bits per heavy atom. The Labute approximate surface area is 225 Å². The summed E-state index contributed by atoms with van der Waals surface area (Å²) in [5.41, 5.74) is -1.16. The first-order valence-corrected chi connectivity index (χ1v) is 12.2. The Morgan fingerprint density at radius 3 is 2.75 bits per heavy atom. The fourth-order valence-electron chi connectivity index (χ4n) is 4.11. The third-order valence-corrected chi connectivity index (χ3v) is 6.21. The van der Waals surface area contributed by atoms with Crippen molar-refractivity contribution in [3.63, 3.8) is 0 Å². The molecule has 210 valence electrons. The van der Waals surface area contributed by atoms with Crippen LogP contribution in [-0.4, -0.2) is 62.3 Å². The summed E-state index contributed by atoms with van der Waals surface area (Å²) >= 11 is 0. The highest BCUT2D eigenvalue weighted by molar-refractivity contribution is 5.87. The smallest absolute Gasteiger partial charge is 0.381 e. The molecule has 14 heteroatoms. The highest BCUT2D eigenvalue weighted by Gasteiger charge is 2.37. The number of aliphatic imine (C=N–C) groups is 1. The highest BCUT2D eigenvalue weighted by atomic mass is 19.4. The second-order valence-corrected chi connectivity index (χ2v) is 9.33. The van der Waals surface area contributed by atoms with Gasteiger partial charge in [-0.2, -0.15) is 18.3 Å². The minimum Gasteiger partial charge on any atom is -0.381 e. The van der Waals surface area contributed by atoms with Gasteiger partial charge in [0, 0.05) is 43.0 Å². The van der Waals surface area contributed by atoms with Crippen molar-refractivity contribution < 1.29 is 22.4 Å². The van der Waals surface area contributed by atoms with E-state index in [1.54, 1.807) is 36.4 Å². The Bertz CT molecular complexity index is 1610. The number of aromatic nitrogens is 5. The number of nitrogens with one attached hydrogen (secondary N) is 3. The molecule has 0 amide bonds. The van der Waals surface area contributed by atoms with Gasteiger partial charge in [-0.05, 0) is 44.4 Å². The number of anilines is 1. The van der Waals surface area contributed by atoms with Crippen LogP contribution in [0, 0.1) is 12.7 Å². The van der Waals surface area contributed by atoms with E-state index in [1.165, 1.54) is 12.4 Å². The fourth-order valence-corrected chi connectivity index (χ4v) is 4.11. The van der Waals surface area contributed by atoms with Crippen LogP contribution in [0.1, 0.15) is 41.3 Å². The molecule has 0 aliphatic carbocycles. The van der Waals surface area contributed by atoms with E-state index in [1.807, 2.05) is 6.92 Å². The van der Waals surface area contributed by atoms with E-state index in [0.717, 1.165) is 23.2 Å². The number of hydrogen-bond donors (Lipinski definition) is 3. The van der Waals surface area contributed by atoms with Crippen molar-refractivity contribution in [3.05, 3.63) is 63.6 Å². The minimum absolute atomic E-state index is 0.0486. The topological polar surface area (TPSA) is 132 Å². The SMILES string of the molecule is Cc1c[nH]c2nc(-c3cc(N=CN(C)CCC[C@H](C)Nc4cn[nH]c(=O)c4C(F)(F)F)c(C=O)cc3F)ncc12. The van der Waals surface area contributed by atoms with E-state index < -0.39 is 29.2 Å². The summed E-state index contributed by atoms with van der Waals surface area (Å²) < 4.78 is 54.5. The molecule has 1 atom stereocenters. The first kappa shape index (κ1) is 28.4. The Hall–Kier alpha value is -4.62. The van der Waals surface area contributed by atoms with Crippen molar-refractivity contribution in [2.45, 2.75) is 38.9 Å². The van der Waals surface area contributed by atoms with Crippen molar-refractivity contribution in [3.8, 4) is 11.4 Å².